The van der Waals surface area contributed by atoms with E-state index in [0.29, 0.717) is 44.3 Å². The Morgan fingerprint density at radius 2 is 2.17 bits per heavy atom. The summed E-state index contributed by atoms with van der Waals surface area (Å²) < 4.78 is 9.49. The summed E-state index contributed by atoms with van der Waals surface area (Å²) in [5.41, 5.74) is 6.41. The van der Waals surface area contributed by atoms with Crippen LogP contribution in [0.5, 0.6) is 0 Å². The number of anilines is 2. The molecule has 0 spiro atoms. The summed E-state index contributed by atoms with van der Waals surface area (Å²) in [4.78, 5) is 0. The fourth-order valence-electron chi connectivity index (χ4n) is 2.38. The monoisotopic (exact) mass is 269 g/mol. The second kappa shape index (κ2) is 4.68. The van der Waals surface area contributed by atoms with Gasteiger partial charge >= 0.3 is 0 Å². The first-order chi connectivity index (χ1) is 8.68. The normalized spacial score (nSPS) is 22.9. The molecule has 18 heavy (non-hydrogen) atoms. The number of hydrogen-bond acceptors (Lipinski definition) is 6. The second-order valence-electron chi connectivity index (χ2n) is 5.28. The van der Waals surface area contributed by atoms with Crippen molar-refractivity contribution >= 4 is 22.4 Å². The van der Waals surface area contributed by atoms with E-state index in [-0.39, 0.29) is 0 Å². The molecule has 0 bridgehead atoms. The van der Waals surface area contributed by atoms with Crippen molar-refractivity contribution in [3.05, 3.63) is 5.56 Å². The van der Waals surface area contributed by atoms with Crippen molar-refractivity contribution in [2.45, 2.75) is 37.2 Å². The summed E-state index contributed by atoms with van der Waals surface area (Å²) in [7, 11) is 0. The number of nitrogens with one attached hydrogen (secondary N) is 1. The van der Waals surface area contributed by atoms with Gasteiger partial charge in [-0.1, -0.05) is 0 Å². The first-order valence-electron chi connectivity index (χ1n) is 6.47. The minimum Gasteiger partial charge on any atom is -0.388 e. The predicted octanol–water partition coefficient (Wildman–Crippen LogP) is 1.56. The van der Waals surface area contributed by atoms with Gasteiger partial charge in [0.05, 0.1) is 5.60 Å². The fraction of sp³-hybridized carbons (Fsp3) is 0.750. The number of hydrogen-bond donors (Lipinski definition) is 3. The molecule has 0 atom stereocenters. The Bertz CT molecular complexity index is 425. The van der Waals surface area contributed by atoms with Gasteiger partial charge in [-0.2, -0.15) is 4.37 Å². The summed E-state index contributed by atoms with van der Waals surface area (Å²) in [5.74, 6) is 1.24. The number of ether oxygens (including phenoxy) is 1. The summed E-state index contributed by atoms with van der Waals surface area (Å²) in [5, 5.41) is 14.8. The maximum Gasteiger partial charge on any atom is 0.142 e. The first-order valence-corrected chi connectivity index (χ1v) is 7.24. The van der Waals surface area contributed by atoms with E-state index in [1.165, 1.54) is 24.4 Å². The lowest BCUT2D eigenvalue weighted by atomic mass is 9.94. The Morgan fingerprint density at radius 1 is 1.44 bits per heavy atom. The minimum atomic E-state index is -0.655. The number of aromatic nitrogens is 1. The Morgan fingerprint density at radius 3 is 2.83 bits per heavy atom. The van der Waals surface area contributed by atoms with Crippen molar-refractivity contribution in [1.29, 1.82) is 0 Å². The van der Waals surface area contributed by atoms with Crippen LogP contribution in [0.2, 0.25) is 0 Å². The molecule has 4 N–H and O–H groups in total. The van der Waals surface area contributed by atoms with Crippen LogP contribution in [0, 0.1) is 0 Å². The first kappa shape index (κ1) is 12.2. The molecule has 1 aromatic heterocycles. The van der Waals surface area contributed by atoms with Gasteiger partial charge in [0.1, 0.15) is 10.8 Å². The molecule has 1 saturated heterocycles. The number of aliphatic hydroxyl groups is 1. The number of rotatable bonds is 4. The topological polar surface area (TPSA) is 80.4 Å². The van der Waals surface area contributed by atoms with Gasteiger partial charge in [0.2, 0.25) is 0 Å². The van der Waals surface area contributed by atoms with Crippen LogP contribution >= 0.6 is 11.5 Å². The minimum absolute atomic E-state index is 0.553. The molecule has 1 aliphatic heterocycles. The van der Waals surface area contributed by atoms with Gasteiger partial charge in [-0.25, -0.2) is 0 Å². The third kappa shape index (κ3) is 2.46. The van der Waals surface area contributed by atoms with Crippen molar-refractivity contribution in [3.63, 3.8) is 0 Å². The molecule has 6 heteroatoms. The van der Waals surface area contributed by atoms with E-state index >= 15 is 0 Å². The highest BCUT2D eigenvalue weighted by atomic mass is 32.1. The lowest BCUT2D eigenvalue weighted by Gasteiger charge is -2.32. The molecule has 0 unspecified atom stereocenters. The van der Waals surface area contributed by atoms with Gasteiger partial charge in [-0.3, -0.25) is 0 Å². The van der Waals surface area contributed by atoms with E-state index in [4.69, 9.17) is 10.5 Å². The van der Waals surface area contributed by atoms with Gasteiger partial charge < -0.3 is 20.9 Å². The van der Waals surface area contributed by atoms with Crippen molar-refractivity contribution in [1.82, 2.24) is 4.37 Å². The van der Waals surface area contributed by atoms with Crippen LogP contribution in [-0.4, -0.2) is 34.8 Å². The Labute approximate surface area is 111 Å². The molecule has 3 rings (SSSR count). The van der Waals surface area contributed by atoms with Gasteiger partial charge in [0.25, 0.3) is 0 Å². The van der Waals surface area contributed by atoms with E-state index in [2.05, 4.69) is 9.69 Å². The van der Waals surface area contributed by atoms with Crippen LogP contribution in [0.1, 0.15) is 37.2 Å². The third-order valence-electron chi connectivity index (χ3n) is 3.74. The summed E-state index contributed by atoms with van der Waals surface area (Å²) >= 11 is 1.40. The van der Waals surface area contributed by atoms with Gasteiger partial charge in [-0.05, 0) is 30.3 Å². The predicted molar refractivity (Wildman–Crippen MR) is 72.0 cm³/mol. The smallest absolute Gasteiger partial charge is 0.142 e. The lowest BCUT2D eigenvalue weighted by molar-refractivity contribution is -0.0543. The number of nitrogen functional groups attached to an aromatic ring is 1. The molecule has 0 aromatic carbocycles. The van der Waals surface area contributed by atoms with Crippen LogP contribution in [0.25, 0.3) is 0 Å². The Hall–Kier alpha value is -0.850. The average Bonchev–Trinajstić information content (AvgIpc) is 3.12. The lowest BCUT2D eigenvalue weighted by Crippen LogP contribution is -2.42. The Kier molecular flexibility index (Phi) is 3.17. The van der Waals surface area contributed by atoms with Crippen LogP contribution in [0.15, 0.2) is 0 Å². The van der Waals surface area contributed by atoms with E-state index in [1.54, 1.807) is 0 Å². The molecular weight excluding hydrogens is 250 g/mol. The van der Waals surface area contributed by atoms with Crippen LogP contribution < -0.4 is 11.1 Å². The van der Waals surface area contributed by atoms with Gasteiger partial charge in [0, 0.05) is 38.2 Å². The SMILES string of the molecule is Nc1nsc(NCC2(O)CCOCC2)c1C1CC1. The summed E-state index contributed by atoms with van der Waals surface area (Å²) in [6.45, 7) is 1.83. The maximum atomic E-state index is 10.4. The largest absolute Gasteiger partial charge is 0.388 e. The van der Waals surface area contributed by atoms with E-state index < -0.39 is 5.60 Å². The molecule has 0 amide bonds. The number of nitrogens with two attached hydrogens (primary N) is 1. The van der Waals surface area contributed by atoms with Gasteiger partial charge in [-0.15, -0.1) is 0 Å². The maximum absolute atomic E-state index is 10.4. The van der Waals surface area contributed by atoms with E-state index in [9.17, 15) is 5.11 Å². The molecule has 0 radical (unpaired) electrons. The quantitative estimate of drug-likeness (QED) is 0.773. The molecule has 100 valence electrons. The van der Waals surface area contributed by atoms with E-state index in [0.717, 1.165) is 10.6 Å². The standard InChI is InChI=1S/C12H19N3O2S/c13-10-9(8-1-2-8)11(18-15-10)14-7-12(16)3-5-17-6-4-12/h8,14,16H,1-7H2,(H2,13,15). The van der Waals surface area contributed by atoms with Gasteiger partial charge in [0.15, 0.2) is 0 Å². The third-order valence-corrected chi connectivity index (χ3v) is 4.58. The molecular formula is C12H19N3O2S. The highest BCUT2D eigenvalue weighted by Gasteiger charge is 2.33. The van der Waals surface area contributed by atoms with Crippen molar-refractivity contribution in [2.75, 3.05) is 30.8 Å². The highest BCUT2D eigenvalue weighted by molar-refractivity contribution is 7.10. The van der Waals surface area contributed by atoms with Crippen molar-refractivity contribution < 1.29 is 9.84 Å². The highest BCUT2D eigenvalue weighted by Crippen LogP contribution is 2.47. The Balaban J connectivity index is 1.65. The summed E-state index contributed by atoms with van der Waals surface area (Å²) in [6, 6.07) is 0. The number of nitrogens with zero attached hydrogens (tertiary/aromatic N) is 1. The van der Waals surface area contributed by atoms with Crippen molar-refractivity contribution in [2.24, 2.45) is 0 Å². The zero-order chi connectivity index (χ0) is 12.6. The molecule has 1 saturated carbocycles. The molecule has 2 heterocycles. The zero-order valence-electron chi connectivity index (χ0n) is 10.3. The average molecular weight is 269 g/mol. The van der Waals surface area contributed by atoms with E-state index in [1.807, 2.05) is 0 Å². The second-order valence-corrected chi connectivity index (χ2v) is 6.05. The van der Waals surface area contributed by atoms with Crippen LogP contribution in [0.3, 0.4) is 0 Å². The molecule has 1 aliphatic carbocycles. The fourth-order valence-corrected chi connectivity index (χ4v) is 3.17. The molecule has 1 aromatic rings. The molecule has 2 fully saturated rings. The summed E-state index contributed by atoms with van der Waals surface area (Å²) in [6.07, 6.45) is 3.78. The zero-order valence-corrected chi connectivity index (χ0v) is 11.1. The van der Waals surface area contributed by atoms with Crippen LogP contribution in [0.4, 0.5) is 10.8 Å². The van der Waals surface area contributed by atoms with Crippen LogP contribution in [-0.2, 0) is 4.74 Å². The van der Waals surface area contributed by atoms with Crippen molar-refractivity contribution in [3.8, 4) is 0 Å². The molecule has 2 aliphatic rings. The molecule has 5 nitrogen and oxygen atoms in total.